The molecule has 1 N–H and O–H groups in total. The SMILES string of the molecule is Cc1cccc(C2=NCC(=O)Nc3c(Cl)cccc32)c1. The predicted octanol–water partition coefficient (Wildman–Crippen LogP) is 3.44. The molecule has 0 radical (unpaired) electrons. The number of carbonyl (C=O) groups excluding carboxylic acids is 1. The Morgan fingerprint density at radius 3 is 2.80 bits per heavy atom. The molecule has 1 amide bonds. The molecule has 20 heavy (non-hydrogen) atoms. The molecule has 0 aliphatic carbocycles. The minimum Gasteiger partial charge on any atom is -0.323 e. The van der Waals surface area contributed by atoms with E-state index in [1.807, 2.05) is 37.3 Å². The summed E-state index contributed by atoms with van der Waals surface area (Å²) in [6, 6.07) is 13.6. The summed E-state index contributed by atoms with van der Waals surface area (Å²) in [5.74, 6) is -0.151. The van der Waals surface area contributed by atoms with Crippen molar-refractivity contribution in [2.45, 2.75) is 6.92 Å². The molecule has 0 unspecified atom stereocenters. The Bertz CT molecular complexity index is 722. The fraction of sp³-hybridized carbons (Fsp3) is 0.125. The lowest BCUT2D eigenvalue weighted by Crippen LogP contribution is -2.13. The van der Waals surface area contributed by atoms with Crippen LogP contribution in [0.25, 0.3) is 0 Å². The van der Waals surface area contributed by atoms with Crippen LogP contribution >= 0.6 is 11.6 Å². The van der Waals surface area contributed by atoms with Crippen LogP contribution in [-0.4, -0.2) is 18.2 Å². The van der Waals surface area contributed by atoms with Crippen LogP contribution < -0.4 is 5.32 Å². The number of fused-ring (bicyclic) bond motifs is 1. The summed E-state index contributed by atoms with van der Waals surface area (Å²) in [5.41, 5.74) is 4.43. The lowest BCUT2D eigenvalue weighted by molar-refractivity contribution is -0.114. The zero-order valence-corrected chi connectivity index (χ0v) is 11.7. The second-order valence-electron chi connectivity index (χ2n) is 4.74. The van der Waals surface area contributed by atoms with Gasteiger partial charge in [0, 0.05) is 11.1 Å². The van der Waals surface area contributed by atoms with Crippen molar-refractivity contribution in [1.82, 2.24) is 0 Å². The first-order valence-corrected chi connectivity index (χ1v) is 6.73. The minimum absolute atomic E-state index is 0.105. The smallest absolute Gasteiger partial charge is 0.246 e. The number of carbonyl (C=O) groups is 1. The van der Waals surface area contributed by atoms with Crippen molar-refractivity contribution in [2.75, 3.05) is 11.9 Å². The number of benzene rings is 2. The van der Waals surface area contributed by atoms with Crippen molar-refractivity contribution in [3.63, 3.8) is 0 Å². The number of benzodiazepines with no additional fused rings is 1. The van der Waals surface area contributed by atoms with Crippen LogP contribution in [0, 0.1) is 6.92 Å². The van der Waals surface area contributed by atoms with Crippen molar-refractivity contribution in [2.24, 2.45) is 4.99 Å². The van der Waals surface area contributed by atoms with Crippen LogP contribution in [0.3, 0.4) is 0 Å². The third-order valence-electron chi connectivity index (χ3n) is 3.21. The second kappa shape index (κ2) is 5.10. The largest absolute Gasteiger partial charge is 0.323 e. The van der Waals surface area contributed by atoms with Crippen LogP contribution in [-0.2, 0) is 4.79 Å². The van der Waals surface area contributed by atoms with Crippen LogP contribution in [0.1, 0.15) is 16.7 Å². The molecule has 0 saturated carbocycles. The predicted molar refractivity (Wildman–Crippen MR) is 81.8 cm³/mol. The van der Waals surface area contributed by atoms with Gasteiger partial charge in [0.2, 0.25) is 5.91 Å². The van der Waals surface area contributed by atoms with E-state index in [2.05, 4.69) is 16.4 Å². The molecular weight excluding hydrogens is 272 g/mol. The molecule has 0 spiro atoms. The average Bonchev–Trinajstić information content (AvgIpc) is 2.59. The maximum Gasteiger partial charge on any atom is 0.246 e. The molecule has 100 valence electrons. The van der Waals surface area contributed by atoms with Crippen molar-refractivity contribution < 1.29 is 4.79 Å². The number of para-hydroxylation sites is 1. The maximum atomic E-state index is 11.8. The summed E-state index contributed by atoms with van der Waals surface area (Å²) >= 11 is 6.19. The summed E-state index contributed by atoms with van der Waals surface area (Å²) in [7, 11) is 0. The van der Waals surface area contributed by atoms with Gasteiger partial charge < -0.3 is 5.32 Å². The van der Waals surface area contributed by atoms with Gasteiger partial charge in [0.1, 0.15) is 6.54 Å². The molecule has 3 nitrogen and oxygen atoms in total. The standard InChI is InChI=1S/C16H13ClN2O/c1-10-4-2-5-11(8-10)15-12-6-3-7-13(17)16(12)19-14(20)9-18-15/h2-8H,9H2,1H3,(H,19,20). The summed E-state index contributed by atoms with van der Waals surface area (Å²) in [6.07, 6.45) is 0. The maximum absolute atomic E-state index is 11.8. The average molecular weight is 285 g/mol. The lowest BCUT2D eigenvalue weighted by Gasteiger charge is -2.11. The van der Waals surface area contributed by atoms with E-state index in [-0.39, 0.29) is 12.5 Å². The minimum atomic E-state index is -0.151. The van der Waals surface area contributed by atoms with Crippen LogP contribution in [0.5, 0.6) is 0 Å². The highest BCUT2D eigenvalue weighted by Gasteiger charge is 2.19. The Balaban J connectivity index is 2.21. The van der Waals surface area contributed by atoms with E-state index in [1.165, 1.54) is 0 Å². The molecule has 4 heteroatoms. The fourth-order valence-corrected chi connectivity index (χ4v) is 2.52. The first-order valence-electron chi connectivity index (χ1n) is 6.35. The van der Waals surface area contributed by atoms with E-state index in [4.69, 9.17) is 11.6 Å². The number of aryl methyl sites for hydroxylation is 1. The van der Waals surface area contributed by atoms with Crippen LogP contribution in [0.4, 0.5) is 5.69 Å². The van der Waals surface area contributed by atoms with Gasteiger partial charge in [0.25, 0.3) is 0 Å². The molecule has 1 heterocycles. The van der Waals surface area contributed by atoms with Crippen molar-refractivity contribution in [3.05, 3.63) is 64.2 Å². The fourth-order valence-electron chi connectivity index (χ4n) is 2.30. The number of nitrogens with zero attached hydrogens (tertiary/aromatic N) is 1. The zero-order valence-electron chi connectivity index (χ0n) is 11.0. The highest BCUT2D eigenvalue weighted by atomic mass is 35.5. The molecular formula is C16H13ClN2O. The molecule has 0 atom stereocenters. The summed E-state index contributed by atoms with van der Waals surface area (Å²) in [6.45, 7) is 2.14. The van der Waals surface area contributed by atoms with Gasteiger partial charge in [-0.3, -0.25) is 9.79 Å². The van der Waals surface area contributed by atoms with E-state index in [0.29, 0.717) is 10.7 Å². The Morgan fingerprint density at radius 2 is 2.00 bits per heavy atom. The van der Waals surface area contributed by atoms with E-state index in [0.717, 1.165) is 22.4 Å². The number of hydrogen-bond acceptors (Lipinski definition) is 2. The Hall–Kier alpha value is -2.13. The Kier molecular flexibility index (Phi) is 3.28. The van der Waals surface area contributed by atoms with Gasteiger partial charge in [-0.15, -0.1) is 0 Å². The molecule has 2 aromatic carbocycles. The van der Waals surface area contributed by atoms with Crippen molar-refractivity contribution >= 4 is 28.9 Å². The Labute approximate surface area is 122 Å². The number of anilines is 1. The number of amides is 1. The molecule has 0 fully saturated rings. The van der Waals surface area contributed by atoms with E-state index >= 15 is 0 Å². The van der Waals surface area contributed by atoms with Gasteiger partial charge in [-0.05, 0) is 19.1 Å². The third kappa shape index (κ3) is 2.32. The first kappa shape index (κ1) is 12.9. The summed E-state index contributed by atoms with van der Waals surface area (Å²) in [4.78, 5) is 16.2. The van der Waals surface area contributed by atoms with Gasteiger partial charge in [-0.25, -0.2) is 0 Å². The van der Waals surface area contributed by atoms with Gasteiger partial charge in [-0.1, -0.05) is 47.5 Å². The molecule has 1 aliphatic heterocycles. The van der Waals surface area contributed by atoms with Crippen LogP contribution in [0.15, 0.2) is 47.5 Å². The first-order chi connectivity index (χ1) is 9.65. The number of hydrogen-bond donors (Lipinski definition) is 1. The molecule has 0 aromatic heterocycles. The second-order valence-corrected chi connectivity index (χ2v) is 5.15. The topological polar surface area (TPSA) is 41.5 Å². The normalized spacial score (nSPS) is 14.1. The quantitative estimate of drug-likeness (QED) is 0.856. The number of aliphatic imine (C=N–C) groups is 1. The van der Waals surface area contributed by atoms with E-state index in [9.17, 15) is 4.79 Å². The van der Waals surface area contributed by atoms with E-state index < -0.39 is 0 Å². The number of nitrogens with one attached hydrogen (secondary N) is 1. The Morgan fingerprint density at radius 1 is 1.20 bits per heavy atom. The monoisotopic (exact) mass is 284 g/mol. The van der Waals surface area contributed by atoms with E-state index in [1.54, 1.807) is 6.07 Å². The zero-order chi connectivity index (χ0) is 14.1. The van der Waals surface area contributed by atoms with Gasteiger partial charge in [-0.2, -0.15) is 0 Å². The van der Waals surface area contributed by atoms with Crippen molar-refractivity contribution in [1.29, 1.82) is 0 Å². The van der Waals surface area contributed by atoms with Gasteiger partial charge >= 0.3 is 0 Å². The molecule has 0 bridgehead atoms. The summed E-state index contributed by atoms with van der Waals surface area (Å²) < 4.78 is 0. The molecule has 2 aromatic rings. The van der Waals surface area contributed by atoms with Crippen molar-refractivity contribution in [3.8, 4) is 0 Å². The third-order valence-corrected chi connectivity index (χ3v) is 3.52. The molecule has 3 rings (SSSR count). The van der Waals surface area contributed by atoms with Crippen LogP contribution in [0.2, 0.25) is 5.02 Å². The summed E-state index contributed by atoms with van der Waals surface area (Å²) in [5, 5.41) is 3.35. The number of halogens is 1. The van der Waals surface area contributed by atoms with Gasteiger partial charge in [0.05, 0.1) is 16.4 Å². The molecule has 1 aliphatic rings. The highest BCUT2D eigenvalue weighted by Crippen LogP contribution is 2.29. The lowest BCUT2D eigenvalue weighted by atomic mass is 9.99. The molecule has 0 saturated heterocycles. The number of rotatable bonds is 1. The van der Waals surface area contributed by atoms with Gasteiger partial charge in [0.15, 0.2) is 0 Å². The highest BCUT2D eigenvalue weighted by molar-refractivity contribution is 6.35.